The van der Waals surface area contributed by atoms with Crippen molar-refractivity contribution < 1.29 is 21.5 Å². The molecule has 0 saturated heterocycles. The van der Waals surface area contributed by atoms with E-state index in [-0.39, 0.29) is 17.0 Å². The van der Waals surface area contributed by atoms with Gasteiger partial charge in [0.15, 0.2) is 0 Å². The Labute approximate surface area is 103 Å². The van der Waals surface area contributed by atoms with Crippen molar-refractivity contribution in [1.29, 1.82) is 0 Å². The number of aryl methyl sites for hydroxylation is 1. The third-order valence-electron chi connectivity index (χ3n) is 1.54. The second-order valence-electron chi connectivity index (χ2n) is 4.07. The molecule has 0 aromatic carbocycles. The Hall–Kier alpha value is 0.620. The molecule has 0 N–H and O–H groups in total. The molecule has 0 atom stereocenters. The van der Waals surface area contributed by atoms with Gasteiger partial charge < -0.3 is 21.5 Å². The van der Waals surface area contributed by atoms with E-state index in [1.807, 2.05) is 11.3 Å². The molecule has 1 rings (SSSR count). The highest BCUT2D eigenvalue weighted by atomic mass is 79.9. The topological polar surface area (TPSA) is 0 Å². The van der Waals surface area contributed by atoms with Crippen LogP contribution < -0.4 is 17.0 Å². The molecule has 1 aromatic rings. The fourth-order valence-electron chi connectivity index (χ4n) is 1.06. The molecule has 0 bridgehead atoms. The Morgan fingerprint density at radius 1 is 1.38 bits per heavy atom. The maximum Gasteiger partial charge on any atom is 0.113 e. The molecule has 1 nitrogen and oxygen atoms in total. The van der Waals surface area contributed by atoms with E-state index >= 15 is 0 Å². The lowest BCUT2D eigenvalue weighted by atomic mass is 10.4. The van der Waals surface area contributed by atoms with Crippen LogP contribution in [0.1, 0.15) is 9.75 Å². The van der Waals surface area contributed by atoms with Gasteiger partial charge in [-0.05, 0) is 28.9 Å². The van der Waals surface area contributed by atoms with E-state index < -0.39 is 0 Å². The Morgan fingerprint density at radius 2 is 1.92 bits per heavy atom. The molecule has 76 valence electrons. The van der Waals surface area contributed by atoms with Crippen LogP contribution >= 0.6 is 27.3 Å². The molecule has 0 spiro atoms. The summed E-state index contributed by atoms with van der Waals surface area (Å²) in [6.07, 6.45) is 0. The molecule has 1 heterocycles. The normalized spacial score (nSPS) is 11.2. The number of nitrogens with zero attached hydrogens (tertiary/aromatic N) is 1. The van der Waals surface area contributed by atoms with Gasteiger partial charge in [-0.2, -0.15) is 0 Å². The van der Waals surface area contributed by atoms with Crippen LogP contribution in [0.2, 0.25) is 0 Å². The standard InChI is InChI=1S/C9H15BrNS.BrH/c1-7-9(10)5-8(12-7)6-11(2,3)4;/h5H,6H2,1-4H3;1H/q+1;/p-1. The van der Waals surface area contributed by atoms with Gasteiger partial charge in [0.05, 0.1) is 26.0 Å². The average molecular weight is 329 g/mol. The van der Waals surface area contributed by atoms with Gasteiger partial charge in [-0.3, -0.25) is 0 Å². The van der Waals surface area contributed by atoms with Crippen LogP contribution in [0.15, 0.2) is 10.5 Å². The second-order valence-corrected chi connectivity index (χ2v) is 6.26. The Morgan fingerprint density at radius 3 is 2.23 bits per heavy atom. The fraction of sp³-hybridized carbons (Fsp3) is 0.556. The third-order valence-corrected chi connectivity index (χ3v) is 3.66. The monoisotopic (exact) mass is 327 g/mol. The van der Waals surface area contributed by atoms with E-state index in [0.717, 1.165) is 11.0 Å². The molecule has 1 aromatic heterocycles. The van der Waals surface area contributed by atoms with Crippen LogP contribution in [0.5, 0.6) is 0 Å². The van der Waals surface area contributed by atoms with Crippen molar-refractivity contribution in [2.45, 2.75) is 13.5 Å². The summed E-state index contributed by atoms with van der Waals surface area (Å²) in [6.45, 7) is 3.25. The molecule has 4 heteroatoms. The Balaban J connectivity index is 0.00000144. The van der Waals surface area contributed by atoms with Crippen molar-refractivity contribution in [3.63, 3.8) is 0 Å². The first-order valence-electron chi connectivity index (χ1n) is 3.94. The fourth-order valence-corrected chi connectivity index (χ4v) is 2.91. The summed E-state index contributed by atoms with van der Waals surface area (Å²) in [5.41, 5.74) is 0. The molecule has 0 aliphatic carbocycles. The maximum absolute atomic E-state index is 3.53. The van der Waals surface area contributed by atoms with Gasteiger partial charge in [0.25, 0.3) is 0 Å². The molecule has 0 radical (unpaired) electrons. The van der Waals surface area contributed by atoms with Crippen molar-refractivity contribution in [3.05, 3.63) is 20.3 Å². The van der Waals surface area contributed by atoms with E-state index in [1.54, 1.807) is 0 Å². The van der Waals surface area contributed by atoms with Crippen molar-refractivity contribution in [2.75, 3.05) is 21.1 Å². The Bertz CT molecular complexity index is 256. The molecule has 0 aliphatic rings. The van der Waals surface area contributed by atoms with Gasteiger partial charge >= 0.3 is 0 Å². The van der Waals surface area contributed by atoms with Crippen LogP contribution in [0.4, 0.5) is 0 Å². The van der Waals surface area contributed by atoms with Crippen molar-refractivity contribution in [2.24, 2.45) is 0 Å². The highest BCUT2D eigenvalue weighted by Crippen LogP contribution is 2.27. The molecule has 0 unspecified atom stereocenters. The van der Waals surface area contributed by atoms with E-state index in [9.17, 15) is 0 Å². The molecule has 0 saturated carbocycles. The lowest BCUT2D eigenvalue weighted by Gasteiger charge is -2.22. The largest absolute Gasteiger partial charge is 1.00 e. The SMILES string of the molecule is Cc1sc(C[N+](C)(C)C)cc1Br.[Br-]. The molecular formula is C9H15Br2NS. The summed E-state index contributed by atoms with van der Waals surface area (Å²) in [6, 6.07) is 2.23. The van der Waals surface area contributed by atoms with E-state index in [0.29, 0.717) is 0 Å². The summed E-state index contributed by atoms with van der Waals surface area (Å²) in [5.74, 6) is 0. The van der Waals surface area contributed by atoms with Crippen LogP contribution in [0.3, 0.4) is 0 Å². The number of thiophene rings is 1. The summed E-state index contributed by atoms with van der Waals surface area (Å²) >= 11 is 5.41. The van der Waals surface area contributed by atoms with Crippen LogP contribution in [0.25, 0.3) is 0 Å². The summed E-state index contributed by atoms with van der Waals surface area (Å²) < 4.78 is 2.24. The average Bonchev–Trinajstić information content (AvgIpc) is 2.07. The summed E-state index contributed by atoms with van der Waals surface area (Å²) in [4.78, 5) is 2.82. The number of quaternary nitrogens is 1. The predicted molar refractivity (Wildman–Crippen MR) is 58.5 cm³/mol. The molecule has 0 amide bonds. The van der Waals surface area contributed by atoms with E-state index in [1.165, 1.54) is 14.2 Å². The zero-order valence-electron chi connectivity index (χ0n) is 8.40. The first-order chi connectivity index (χ1) is 5.38. The minimum Gasteiger partial charge on any atom is -1.00 e. The number of hydrogen-bond acceptors (Lipinski definition) is 1. The summed E-state index contributed by atoms with van der Waals surface area (Å²) in [5, 5.41) is 0. The minimum atomic E-state index is 0. The summed E-state index contributed by atoms with van der Waals surface area (Å²) in [7, 11) is 6.63. The van der Waals surface area contributed by atoms with Crippen LogP contribution in [0, 0.1) is 6.92 Å². The molecule has 0 fully saturated rings. The lowest BCUT2D eigenvalue weighted by Crippen LogP contribution is -3.00. The first-order valence-corrected chi connectivity index (χ1v) is 5.55. The maximum atomic E-state index is 3.53. The number of hydrogen-bond donors (Lipinski definition) is 0. The molecular weight excluding hydrogens is 314 g/mol. The predicted octanol–water partition coefficient (Wildman–Crippen LogP) is 0.0292. The van der Waals surface area contributed by atoms with Crippen LogP contribution in [-0.2, 0) is 6.54 Å². The van der Waals surface area contributed by atoms with E-state index in [2.05, 4.69) is 50.1 Å². The van der Waals surface area contributed by atoms with Crippen molar-refractivity contribution in [3.8, 4) is 0 Å². The van der Waals surface area contributed by atoms with Crippen molar-refractivity contribution >= 4 is 27.3 Å². The molecule has 0 aliphatic heterocycles. The molecule has 13 heavy (non-hydrogen) atoms. The lowest BCUT2D eigenvalue weighted by molar-refractivity contribution is -0.883. The smallest absolute Gasteiger partial charge is 0.113 e. The minimum absolute atomic E-state index is 0. The third kappa shape index (κ3) is 4.58. The number of rotatable bonds is 2. The van der Waals surface area contributed by atoms with Gasteiger partial charge in [0.1, 0.15) is 6.54 Å². The van der Waals surface area contributed by atoms with Gasteiger partial charge in [-0.1, -0.05) is 0 Å². The Kier molecular flexibility index (Phi) is 5.15. The zero-order valence-corrected chi connectivity index (χ0v) is 12.4. The first kappa shape index (κ1) is 13.6. The van der Waals surface area contributed by atoms with Gasteiger partial charge in [-0.25, -0.2) is 0 Å². The van der Waals surface area contributed by atoms with E-state index in [4.69, 9.17) is 0 Å². The van der Waals surface area contributed by atoms with Crippen molar-refractivity contribution in [1.82, 2.24) is 0 Å². The second kappa shape index (κ2) is 4.91. The van der Waals surface area contributed by atoms with Gasteiger partial charge in [-0.15, -0.1) is 11.3 Å². The highest BCUT2D eigenvalue weighted by molar-refractivity contribution is 9.10. The van der Waals surface area contributed by atoms with Gasteiger partial charge in [0, 0.05) is 9.35 Å². The van der Waals surface area contributed by atoms with Crippen LogP contribution in [-0.4, -0.2) is 25.6 Å². The highest BCUT2D eigenvalue weighted by Gasteiger charge is 2.11. The van der Waals surface area contributed by atoms with Gasteiger partial charge in [0.2, 0.25) is 0 Å². The number of halogens is 2. The zero-order chi connectivity index (χ0) is 9.35. The quantitative estimate of drug-likeness (QED) is 0.672.